The molecule has 0 fully saturated rings. The van der Waals surface area contributed by atoms with Crippen LogP contribution in [0.4, 0.5) is 0 Å². The van der Waals surface area contributed by atoms with Gasteiger partial charge in [0.05, 0.1) is 31.2 Å². The molecule has 1 aliphatic rings. The SMILES string of the molecule is OCc1nc(-c2ccccc2)cc2c1COC2. The smallest absolute Gasteiger partial charge is 0.0857 e. The maximum atomic E-state index is 9.36. The van der Waals surface area contributed by atoms with Gasteiger partial charge in [0.15, 0.2) is 0 Å². The van der Waals surface area contributed by atoms with E-state index in [4.69, 9.17) is 4.74 Å². The van der Waals surface area contributed by atoms with Gasteiger partial charge >= 0.3 is 0 Å². The van der Waals surface area contributed by atoms with Gasteiger partial charge in [0.1, 0.15) is 0 Å². The largest absolute Gasteiger partial charge is 0.390 e. The lowest BCUT2D eigenvalue weighted by Gasteiger charge is -2.08. The first-order valence-corrected chi connectivity index (χ1v) is 5.64. The highest BCUT2D eigenvalue weighted by Gasteiger charge is 2.18. The molecule has 0 saturated heterocycles. The molecule has 86 valence electrons. The van der Waals surface area contributed by atoms with E-state index in [1.54, 1.807) is 0 Å². The molecule has 3 nitrogen and oxygen atoms in total. The van der Waals surface area contributed by atoms with Crippen LogP contribution in [0.5, 0.6) is 0 Å². The quantitative estimate of drug-likeness (QED) is 0.855. The maximum Gasteiger partial charge on any atom is 0.0857 e. The minimum absolute atomic E-state index is 0.0354. The fraction of sp³-hybridized carbons (Fsp3) is 0.214. The highest BCUT2D eigenvalue weighted by Crippen LogP contribution is 2.27. The van der Waals surface area contributed by atoms with E-state index >= 15 is 0 Å². The molecule has 0 unspecified atom stereocenters. The molecular formula is C14H13NO2. The van der Waals surface area contributed by atoms with Crippen LogP contribution >= 0.6 is 0 Å². The molecule has 1 aromatic heterocycles. The predicted molar refractivity (Wildman–Crippen MR) is 64.1 cm³/mol. The normalized spacial score (nSPS) is 13.7. The second-order valence-electron chi connectivity index (χ2n) is 4.11. The van der Waals surface area contributed by atoms with Gasteiger partial charge in [-0.1, -0.05) is 30.3 Å². The minimum atomic E-state index is -0.0354. The number of rotatable bonds is 2. The molecular weight excluding hydrogens is 214 g/mol. The molecule has 1 aromatic carbocycles. The van der Waals surface area contributed by atoms with Gasteiger partial charge < -0.3 is 9.84 Å². The first-order chi connectivity index (χ1) is 8.38. The topological polar surface area (TPSA) is 42.4 Å². The van der Waals surface area contributed by atoms with Crippen molar-refractivity contribution in [3.63, 3.8) is 0 Å². The van der Waals surface area contributed by atoms with E-state index in [0.29, 0.717) is 13.2 Å². The van der Waals surface area contributed by atoms with Crippen molar-refractivity contribution in [1.29, 1.82) is 0 Å². The van der Waals surface area contributed by atoms with Crippen LogP contribution in [-0.2, 0) is 24.6 Å². The molecule has 2 aromatic rings. The van der Waals surface area contributed by atoms with Crippen molar-refractivity contribution in [3.8, 4) is 11.3 Å². The van der Waals surface area contributed by atoms with E-state index in [2.05, 4.69) is 11.1 Å². The van der Waals surface area contributed by atoms with Crippen molar-refractivity contribution in [1.82, 2.24) is 4.98 Å². The molecule has 1 N–H and O–H groups in total. The number of hydrogen-bond donors (Lipinski definition) is 1. The molecule has 0 bridgehead atoms. The lowest BCUT2D eigenvalue weighted by atomic mass is 10.0. The highest BCUT2D eigenvalue weighted by atomic mass is 16.5. The summed E-state index contributed by atoms with van der Waals surface area (Å²) in [7, 11) is 0. The lowest BCUT2D eigenvalue weighted by molar-refractivity contribution is 0.133. The third kappa shape index (κ3) is 1.84. The number of aliphatic hydroxyl groups excluding tert-OH is 1. The fourth-order valence-electron chi connectivity index (χ4n) is 2.14. The zero-order valence-corrected chi connectivity index (χ0v) is 9.39. The standard InChI is InChI=1S/C14H13NO2/c16-7-14-12-9-17-8-11(12)6-13(15-14)10-4-2-1-3-5-10/h1-6,16H,7-9H2. The summed E-state index contributed by atoms with van der Waals surface area (Å²) in [5.74, 6) is 0. The van der Waals surface area contributed by atoms with Crippen molar-refractivity contribution in [2.24, 2.45) is 0 Å². The molecule has 0 aliphatic carbocycles. The van der Waals surface area contributed by atoms with Crippen LogP contribution in [0.1, 0.15) is 16.8 Å². The summed E-state index contributed by atoms with van der Waals surface area (Å²) in [6, 6.07) is 12.0. The molecule has 0 saturated carbocycles. The Hall–Kier alpha value is -1.71. The first kappa shape index (κ1) is 10.4. The van der Waals surface area contributed by atoms with Crippen molar-refractivity contribution in [3.05, 3.63) is 53.2 Å². The number of benzene rings is 1. The van der Waals surface area contributed by atoms with Gasteiger partial charge in [0, 0.05) is 11.1 Å². The van der Waals surface area contributed by atoms with Crippen molar-refractivity contribution < 1.29 is 9.84 Å². The summed E-state index contributed by atoms with van der Waals surface area (Å²) in [6.07, 6.45) is 0. The number of pyridine rings is 1. The fourth-order valence-corrected chi connectivity index (χ4v) is 2.14. The third-order valence-electron chi connectivity index (χ3n) is 3.03. The Balaban J connectivity index is 2.13. The van der Waals surface area contributed by atoms with Gasteiger partial charge in [0.2, 0.25) is 0 Å². The Kier molecular flexibility index (Phi) is 2.63. The highest BCUT2D eigenvalue weighted by molar-refractivity contribution is 5.61. The van der Waals surface area contributed by atoms with E-state index < -0.39 is 0 Å². The number of aromatic nitrogens is 1. The van der Waals surface area contributed by atoms with Crippen LogP contribution in [0.25, 0.3) is 11.3 Å². The summed E-state index contributed by atoms with van der Waals surface area (Å²) in [5.41, 5.74) is 4.89. The zero-order chi connectivity index (χ0) is 11.7. The van der Waals surface area contributed by atoms with E-state index in [1.165, 1.54) is 0 Å². The lowest BCUT2D eigenvalue weighted by Crippen LogP contribution is -1.99. The van der Waals surface area contributed by atoms with Crippen molar-refractivity contribution in [2.45, 2.75) is 19.8 Å². The van der Waals surface area contributed by atoms with Crippen LogP contribution in [0.2, 0.25) is 0 Å². The Bertz CT molecular complexity index is 537. The van der Waals surface area contributed by atoms with Crippen LogP contribution in [-0.4, -0.2) is 10.1 Å². The Morgan fingerprint density at radius 2 is 2.00 bits per heavy atom. The van der Waals surface area contributed by atoms with Gasteiger partial charge in [-0.3, -0.25) is 0 Å². The molecule has 3 heteroatoms. The third-order valence-corrected chi connectivity index (χ3v) is 3.03. The molecule has 3 rings (SSSR count). The Morgan fingerprint density at radius 1 is 1.18 bits per heavy atom. The van der Waals surface area contributed by atoms with Crippen LogP contribution in [0.3, 0.4) is 0 Å². The summed E-state index contributed by atoms with van der Waals surface area (Å²) < 4.78 is 5.40. The average Bonchev–Trinajstić information content (AvgIpc) is 2.86. The molecule has 0 atom stereocenters. The zero-order valence-electron chi connectivity index (χ0n) is 9.39. The number of hydrogen-bond acceptors (Lipinski definition) is 3. The van der Waals surface area contributed by atoms with Gasteiger partial charge in [0.25, 0.3) is 0 Å². The maximum absolute atomic E-state index is 9.36. The monoisotopic (exact) mass is 227 g/mol. The average molecular weight is 227 g/mol. The molecule has 0 radical (unpaired) electrons. The Labute approximate surface area is 99.7 Å². The summed E-state index contributed by atoms with van der Waals surface area (Å²) in [6.45, 7) is 1.14. The van der Waals surface area contributed by atoms with Gasteiger partial charge in [-0.25, -0.2) is 4.98 Å². The Morgan fingerprint density at radius 3 is 2.76 bits per heavy atom. The summed E-state index contributed by atoms with van der Waals surface area (Å²) in [4.78, 5) is 4.50. The van der Waals surface area contributed by atoms with Gasteiger partial charge in [-0.15, -0.1) is 0 Å². The van der Waals surface area contributed by atoms with Crippen LogP contribution in [0.15, 0.2) is 36.4 Å². The van der Waals surface area contributed by atoms with Crippen LogP contribution < -0.4 is 0 Å². The minimum Gasteiger partial charge on any atom is -0.390 e. The van der Waals surface area contributed by atoms with Crippen molar-refractivity contribution in [2.75, 3.05) is 0 Å². The van der Waals surface area contributed by atoms with Crippen molar-refractivity contribution >= 4 is 0 Å². The molecule has 1 aliphatic heterocycles. The van der Waals surface area contributed by atoms with Gasteiger partial charge in [-0.05, 0) is 11.6 Å². The number of fused-ring (bicyclic) bond motifs is 1. The van der Waals surface area contributed by atoms with E-state index in [9.17, 15) is 5.11 Å². The molecule has 17 heavy (non-hydrogen) atoms. The second-order valence-corrected chi connectivity index (χ2v) is 4.11. The van der Waals surface area contributed by atoms with E-state index in [-0.39, 0.29) is 6.61 Å². The van der Waals surface area contributed by atoms with E-state index in [0.717, 1.165) is 28.1 Å². The summed E-state index contributed by atoms with van der Waals surface area (Å²) in [5, 5.41) is 9.36. The molecule has 0 spiro atoms. The number of ether oxygens (including phenoxy) is 1. The van der Waals surface area contributed by atoms with Gasteiger partial charge in [-0.2, -0.15) is 0 Å². The first-order valence-electron chi connectivity index (χ1n) is 5.64. The second kappa shape index (κ2) is 4.28. The molecule has 2 heterocycles. The predicted octanol–water partition coefficient (Wildman–Crippen LogP) is 2.27. The van der Waals surface area contributed by atoms with Crippen LogP contribution in [0, 0.1) is 0 Å². The number of nitrogens with zero attached hydrogens (tertiary/aromatic N) is 1. The number of aliphatic hydroxyl groups is 1. The molecule has 0 amide bonds. The summed E-state index contributed by atoms with van der Waals surface area (Å²) >= 11 is 0. The van der Waals surface area contributed by atoms with E-state index in [1.807, 2.05) is 30.3 Å².